The van der Waals surface area contributed by atoms with Crippen molar-refractivity contribution in [3.8, 4) is 11.8 Å². The van der Waals surface area contributed by atoms with Crippen LogP contribution in [0.4, 0.5) is 0 Å². The normalized spacial score (nSPS) is 20.4. The number of benzene rings is 1. The Morgan fingerprint density at radius 3 is 2.88 bits per heavy atom. The van der Waals surface area contributed by atoms with Crippen molar-refractivity contribution in [1.29, 1.82) is 0 Å². The van der Waals surface area contributed by atoms with Crippen LogP contribution in [-0.2, 0) is 0 Å². The van der Waals surface area contributed by atoms with Crippen molar-refractivity contribution < 1.29 is 0 Å². The van der Waals surface area contributed by atoms with Gasteiger partial charge in [0.2, 0.25) is 0 Å². The van der Waals surface area contributed by atoms with Crippen LogP contribution >= 0.6 is 15.9 Å². The fourth-order valence-corrected chi connectivity index (χ4v) is 2.48. The summed E-state index contributed by atoms with van der Waals surface area (Å²) >= 11 is 3.53. The molecule has 2 aliphatic carbocycles. The number of hydrogen-bond donors (Lipinski definition) is 0. The first-order chi connectivity index (χ1) is 8.24. The van der Waals surface area contributed by atoms with Crippen LogP contribution in [0.15, 0.2) is 58.1 Å². The highest BCUT2D eigenvalue weighted by molar-refractivity contribution is 9.12. The molecule has 0 amide bonds. The number of aryl methyl sites for hydroxylation is 1. The zero-order valence-electron chi connectivity index (χ0n) is 9.50. The topological polar surface area (TPSA) is 0 Å². The molecule has 0 radical (unpaired) electrons. The van der Waals surface area contributed by atoms with Crippen LogP contribution in [0.3, 0.4) is 0 Å². The van der Waals surface area contributed by atoms with Crippen LogP contribution in [-0.4, -0.2) is 0 Å². The van der Waals surface area contributed by atoms with Crippen molar-refractivity contribution in [1.82, 2.24) is 0 Å². The molecule has 0 spiro atoms. The van der Waals surface area contributed by atoms with Crippen LogP contribution in [0, 0.1) is 24.7 Å². The minimum Gasteiger partial charge on any atom is -0.0667 e. The number of allylic oxidation sites excluding steroid dienone is 6. The van der Waals surface area contributed by atoms with Gasteiger partial charge >= 0.3 is 0 Å². The van der Waals surface area contributed by atoms with Gasteiger partial charge in [-0.05, 0) is 42.3 Å². The van der Waals surface area contributed by atoms with Crippen molar-refractivity contribution in [3.05, 3.63) is 69.2 Å². The standard InChI is InChI=1S/C16H11Br/c1-11-3-2-4-12(9-11)5-6-13-7-8-16(17)15-10-14(13)15/h2-4,7-10,14H,1H3. The molecule has 1 atom stereocenters. The second-order valence-corrected chi connectivity index (χ2v) is 5.21. The Labute approximate surface area is 110 Å². The Bertz CT molecular complexity index is 633. The molecule has 0 saturated carbocycles. The zero-order valence-corrected chi connectivity index (χ0v) is 11.1. The van der Waals surface area contributed by atoms with Gasteiger partial charge in [0.25, 0.3) is 0 Å². The van der Waals surface area contributed by atoms with E-state index in [0.717, 1.165) is 5.56 Å². The summed E-state index contributed by atoms with van der Waals surface area (Å²) in [6, 6.07) is 8.30. The molecular formula is C16H11Br. The SMILES string of the molecule is Cc1cccc(C#CC2=CC=C(Br)C3=CC23)c1. The lowest BCUT2D eigenvalue weighted by molar-refractivity contribution is 1.12. The molecule has 17 heavy (non-hydrogen) atoms. The monoisotopic (exact) mass is 282 g/mol. The first-order valence-electron chi connectivity index (χ1n) is 5.62. The van der Waals surface area contributed by atoms with E-state index in [1.165, 1.54) is 21.2 Å². The molecule has 1 aromatic rings. The van der Waals surface area contributed by atoms with Gasteiger partial charge < -0.3 is 0 Å². The van der Waals surface area contributed by atoms with E-state index in [1.807, 2.05) is 6.07 Å². The summed E-state index contributed by atoms with van der Waals surface area (Å²) in [5.41, 5.74) is 4.91. The number of halogens is 1. The van der Waals surface area contributed by atoms with Gasteiger partial charge in [0.15, 0.2) is 0 Å². The lowest BCUT2D eigenvalue weighted by atomic mass is 10.0. The second kappa shape index (κ2) is 4.05. The van der Waals surface area contributed by atoms with Gasteiger partial charge in [-0.1, -0.05) is 46.0 Å². The average molecular weight is 283 g/mol. The summed E-state index contributed by atoms with van der Waals surface area (Å²) in [7, 11) is 0. The lowest BCUT2D eigenvalue weighted by Crippen LogP contribution is -1.91. The molecule has 0 aromatic heterocycles. The van der Waals surface area contributed by atoms with E-state index in [-0.39, 0.29) is 0 Å². The van der Waals surface area contributed by atoms with E-state index in [9.17, 15) is 0 Å². The number of rotatable bonds is 0. The molecule has 2 aliphatic rings. The molecule has 0 fully saturated rings. The molecule has 0 aliphatic heterocycles. The fourth-order valence-electron chi connectivity index (χ4n) is 1.97. The third kappa shape index (κ3) is 2.14. The Hall–Kier alpha value is -1.52. The molecule has 82 valence electrons. The fraction of sp³-hybridized carbons (Fsp3) is 0.125. The average Bonchev–Trinajstić information content (AvgIpc) is 3.09. The van der Waals surface area contributed by atoms with Crippen molar-refractivity contribution in [3.63, 3.8) is 0 Å². The smallest absolute Gasteiger partial charge is 0.0364 e. The van der Waals surface area contributed by atoms with Crippen LogP contribution in [0.2, 0.25) is 0 Å². The van der Waals surface area contributed by atoms with Crippen LogP contribution in [0.25, 0.3) is 0 Å². The maximum atomic E-state index is 3.53. The molecule has 0 heterocycles. The Balaban J connectivity index is 1.86. The quantitative estimate of drug-likeness (QED) is 0.628. The molecule has 0 nitrogen and oxygen atoms in total. The van der Waals surface area contributed by atoms with Crippen LogP contribution < -0.4 is 0 Å². The Morgan fingerprint density at radius 1 is 1.18 bits per heavy atom. The third-order valence-electron chi connectivity index (χ3n) is 2.96. The highest BCUT2D eigenvalue weighted by Gasteiger charge is 2.31. The summed E-state index contributed by atoms with van der Waals surface area (Å²) in [4.78, 5) is 0. The zero-order chi connectivity index (χ0) is 11.8. The van der Waals surface area contributed by atoms with E-state index in [1.54, 1.807) is 0 Å². The third-order valence-corrected chi connectivity index (χ3v) is 3.68. The number of hydrogen-bond acceptors (Lipinski definition) is 0. The summed E-state index contributed by atoms with van der Waals surface area (Å²) in [6.07, 6.45) is 6.42. The molecule has 3 rings (SSSR count). The molecule has 0 bridgehead atoms. The molecule has 1 unspecified atom stereocenters. The van der Waals surface area contributed by atoms with Crippen molar-refractivity contribution >= 4 is 15.9 Å². The molecule has 0 N–H and O–H groups in total. The van der Waals surface area contributed by atoms with Gasteiger partial charge in [-0.25, -0.2) is 0 Å². The summed E-state index contributed by atoms with van der Waals surface area (Å²) < 4.78 is 1.20. The van der Waals surface area contributed by atoms with Crippen molar-refractivity contribution in [2.45, 2.75) is 6.92 Å². The predicted octanol–water partition coefficient (Wildman–Crippen LogP) is 4.12. The van der Waals surface area contributed by atoms with E-state index in [0.29, 0.717) is 5.92 Å². The molecule has 1 heteroatoms. The molecule has 0 saturated heterocycles. The second-order valence-electron chi connectivity index (χ2n) is 4.36. The van der Waals surface area contributed by atoms with Crippen molar-refractivity contribution in [2.75, 3.05) is 0 Å². The van der Waals surface area contributed by atoms with Gasteiger partial charge in [0.05, 0.1) is 0 Å². The first kappa shape index (κ1) is 10.6. The molecular weight excluding hydrogens is 272 g/mol. The highest BCUT2D eigenvalue weighted by Crippen LogP contribution is 2.45. The maximum absolute atomic E-state index is 3.53. The van der Waals surface area contributed by atoms with E-state index >= 15 is 0 Å². The number of fused-ring (bicyclic) bond motifs is 1. The largest absolute Gasteiger partial charge is 0.0667 e. The predicted molar refractivity (Wildman–Crippen MR) is 74.7 cm³/mol. The minimum absolute atomic E-state index is 0.465. The maximum Gasteiger partial charge on any atom is 0.0364 e. The highest BCUT2D eigenvalue weighted by atomic mass is 79.9. The van der Waals surface area contributed by atoms with Gasteiger partial charge in [-0.2, -0.15) is 0 Å². The van der Waals surface area contributed by atoms with Gasteiger partial charge in [-0.3, -0.25) is 0 Å². The van der Waals surface area contributed by atoms with E-state index < -0.39 is 0 Å². The van der Waals surface area contributed by atoms with Crippen LogP contribution in [0.5, 0.6) is 0 Å². The van der Waals surface area contributed by atoms with Gasteiger partial charge in [0.1, 0.15) is 0 Å². The first-order valence-corrected chi connectivity index (χ1v) is 6.41. The van der Waals surface area contributed by atoms with Crippen molar-refractivity contribution in [2.24, 2.45) is 5.92 Å². The minimum atomic E-state index is 0.465. The van der Waals surface area contributed by atoms with E-state index in [2.05, 4.69) is 71.1 Å². The summed E-state index contributed by atoms with van der Waals surface area (Å²) in [5, 5.41) is 0. The van der Waals surface area contributed by atoms with Gasteiger partial charge in [-0.15, -0.1) is 0 Å². The van der Waals surface area contributed by atoms with Gasteiger partial charge in [0, 0.05) is 21.5 Å². The summed E-state index contributed by atoms with van der Waals surface area (Å²) in [5.74, 6) is 6.97. The molecule has 1 aromatic carbocycles. The lowest BCUT2D eigenvalue weighted by Gasteiger charge is -2.04. The summed E-state index contributed by atoms with van der Waals surface area (Å²) in [6.45, 7) is 2.09. The Morgan fingerprint density at radius 2 is 2.06 bits per heavy atom. The Kier molecular flexibility index (Phi) is 2.53. The van der Waals surface area contributed by atoms with Crippen LogP contribution in [0.1, 0.15) is 11.1 Å². The van der Waals surface area contributed by atoms with E-state index in [4.69, 9.17) is 0 Å².